The highest BCUT2D eigenvalue weighted by Gasteiger charge is 2.45. The van der Waals surface area contributed by atoms with Crippen LogP contribution < -0.4 is 0 Å². The Bertz CT molecular complexity index is 526. The summed E-state index contributed by atoms with van der Waals surface area (Å²) in [6.07, 6.45) is -1.71. The SMILES string of the molecule is COC(c1ccccc1)(c1ccccc1)C(O)C(=O)O. The quantitative estimate of drug-likeness (QED) is 0.874. The first-order valence-electron chi connectivity index (χ1n) is 6.20. The lowest BCUT2D eigenvalue weighted by molar-refractivity contribution is -0.163. The number of aliphatic hydroxyl groups is 1. The van der Waals surface area contributed by atoms with Crippen molar-refractivity contribution in [3.8, 4) is 0 Å². The van der Waals surface area contributed by atoms with E-state index in [2.05, 4.69) is 0 Å². The molecule has 2 aromatic rings. The number of carboxylic acids is 1. The number of carboxylic acid groups (broad SMARTS) is 1. The summed E-state index contributed by atoms with van der Waals surface area (Å²) in [4.78, 5) is 11.3. The molecule has 2 aromatic carbocycles. The Balaban J connectivity index is 2.68. The van der Waals surface area contributed by atoms with Crippen LogP contribution in [-0.2, 0) is 15.1 Å². The van der Waals surface area contributed by atoms with E-state index in [4.69, 9.17) is 4.74 Å². The van der Waals surface area contributed by atoms with Gasteiger partial charge in [-0.1, -0.05) is 60.7 Å². The van der Waals surface area contributed by atoms with Crippen LogP contribution in [0.25, 0.3) is 0 Å². The van der Waals surface area contributed by atoms with Gasteiger partial charge in [0.2, 0.25) is 0 Å². The monoisotopic (exact) mass is 272 g/mol. The number of aliphatic carboxylic acids is 1. The number of hydrogen-bond donors (Lipinski definition) is 2. The summed E-state index contributed by atoms with van der Waals surface area (Å²) >= 11 is 0. The minimum absolute atomic E-state index is 0.587. The van der Waals surface area contributed by atoms with E-state index in [9.17, 15) is 15.0 Å². The summed E-state index contributed by atoms with van der Waals surface area (Å²) in [6.45, 7) is 0. The van der Waals surface area contributed by atoms with Gasteiger partial charge in [-0.2, -0.15) is 0 Å². The second-order valence-corrected chi connectivity index (χ2v) is 4.41. The van der Waals surface area contributed by atoms with E-state index >= 15 is 0 Å². The molecule has 0 aliphatic heterocycles. The molecule has 4 nitrogen and oxygen atoms in total. The molecule has 0 radical (unpaired) electrons. The van der Waals surface area contributed by atoms with Gasteiger partial charge in [-0.15, -0.1) is 0 Å². The minimum Gasteiger partial charge on any atom is -0.479 e. The summed E-state index contributed by atoms with van der Waals surface area (Å²) < 4.78 is 5.50. The lowest BCUT2D eigenvalue weighted by Gasteiger charge is -2.35. The Morgan fingerprint density at radius 2 is 1.40 bits per heavy atom. The van der Waals surface area contributed by atoms with Crippen LogP contribution in [-0.4, -0.2) is 29.4 Å². The van der Waals surface area contributed by atoms with Crippen molar-refractivity contribution in [3.05, 3.63) is 71.8 Å². The first kappa shape index (κ1) is 14.2. The van der Waals surface area contributed by atoms with Crippen molar-refractivity contribution < 1.29 is 19.7 Å². The van der Waals surface area contributed by atoms with Crippen LogP contribution in [0.3, 0.4) is 0 Å². The van der Waals surface area contributed by atoms with Gasteiger partial charge in [0.05, 0.1) is 0 Å². The van der Waals surface area contributed by atoms with Crippen molar-refractivity contribution in [2.24, 2.45) is 0 Å². The van der Waals surface area contributed by atoms with Crippen LogP contribution in [0, 0.1) is 0 Å². The van der Waals surface area contributed by atoms with E-state index < -0.39 is 17.7 Å². The standard InChI is InChI=1S/C16H16O4/c1-20-16(14(17)15(18)19,12-8-4-2-5-9-12)13-10-6-3-7-11-13/h2-11,14,17H,1H3,(H,18,19). The zero-order valence-corrected chi connectivity index (χ0v) is 11.1. The van der Waals surface area contributed by atoms with Gasteiger partial charge in [-0.05, 0) is 11.1 Å². The molecule has 0 saturated carbocycles. The van der Waals surface area contributed by atoms with Gasteiger partial charge in [0.25, 0.3) is 0 Å². The summed E-state index contributed by atoms with van der Waals surface area (Å²) in [7, 11) is 1.40. The smallest absolute Gasteiger partial charge is 0.336 e. The first-order valence-corrected chi connectivity index (χ1v) is 6.20. The van der Waals surface area contributed by atoms with Gasteiger partial charge in [0, 0.05) is 7.11 Å². The largest absolute Gasteiger partial charge is 0.479 e. The third-order valence-electron chi connectivity index (χ3n) is 3.35. The fourth-order valence-electron chi connectivity index (χ4n) is 2.38. The number of methoxy groups -OCH3 is 1. The third-order valence-corrected chi connectivity index (χ3v) is 3.35. The number of hydrogen-bond acceptors (Lipinski definition) is 3. The van der Waals surface area contributed by atoms with Gasteiger partial charge in [-0.3, -0.25) is 0 Å². The average Bonchev–Trinajstić information content (AvgIpc) is 2.50. The Kier molecular flexibility index (Phi) is 4.17. The van der Waals surface area contributed by atoms with Gasteiger partial charge in [0.1, 0.15) is 0 Å². The van der Waals surface area contributed by atoms with E-state index in [1.165, 1.54) is 7.11 Å². The van der Waals surface area contributed by atoms with Crippen LogP contribution in [0.15, 0.2) is 60.7 Å². The topological polar surface area (TPSA) is 66.8 Å². The molecule has 4 heteroatoms. The Morgan fingerprint density at radius 1 is 1.00 bits per heavy atom. The lowest BCUT2D eigenvalue weighted by atomic mass is 9.81. The number of aliphatic hydroxyl groups excluding tert-OH is 1. The fourth-order valence-corrected chi connectivity index (χ4v) is 2.38. The van der Waals surface area contributed by atoms with Crippen LogP contribution in [0.5, 0.6) is 0 Å². The molecule has 2 rings (SSSR count). The molecular weight excluding hydrogens is 256 g/mol. The predicted molar refractivity (Wildman–Crippen MR) is 74.3 cm³/mol. The van der Waals surface area contributed by atoms with Crippen LogP contribution >= 0.6 is 0 Å². The molecule has 1 unspecified atom stereocenters. The molecule has 0 amide bonds. The number of ether oxygens (including phenoxy) is 1. The fraction of sp³-hybridized carbons (Fsp3) is 0.188. The predicted octanol–water partition coefficient (Wildman–Crippen LogP) is 2.02. The van der Waals surface area contributed by atoms with Crippen LogP contribution in [0.1, 0.15) is 11.1 Å². The normalized spacial score (nSPS) is 12.9. The summed E-state index contributed by atoms with van der Waals surface area (Å²) in [6, 6.07) is 17.7. The van der Waals surface area contributed by atoms with Gasteiger partial charge in [-0.25, -0.2) is 4.79 Å². The van der Waals surface area contributed by atoms with E-state index in [0.717, 1.165) is 0 Å². The van der Waals surface area contributed by atoms with Crippen molar-refractivity contribution in [2.45, 2.75) is 11.7 Å². The number of benzene rings is 2. The van der Waals surface area contributed by atoms with Crippen molar-refractivity contribution >= 4 is 5.97 Å². The Morgan fingerprint density at radius 3 is 1.70 bits per heavy atom. The molecule has 20 heavy (non-hydrogen) atoms. The highest BCUT2D eigenvalue weighted by Crippen LogP contribution is 2.36. The molecule has 0 aliphatic carbocycles. The van der Waals surface area contributed by atoms with E-state index in [-0.39, 0.29) is 0 Å². The molecule has 2 N–H and O–H groups in total. The summed E-state index contributed by atoms with van der Waals surface area (Å²) in [5, 5.41) is 19.5. The summed E-state index contributed by atoms with van der Waals surface area (Å²) in [5.74, 6) is -1.33. The molecule has 0 spiro atoms. The van der Waals surface area contributed by atoms with E-state index in [1.807, 2.05) is 12.1 Å². The maximum absolute atomic E-state index is 11.3. The molecule has 104 valence electrons. The molecule has 0 aromatic heterocycles. The van der Waals surface area contributed by atoms with Gasteiger partial charge < -0.3 is 14.9 Å². The van der Waals surface area contributed by atoms with E-state index in [1.54, 1.807) is 48.5 Å². The van der Waals surface area contributed by atoms with Crippen LogP contribution in [0.4, 0.5) is 0 Å². The number of carbonyl (C=O) groups is 1. The lowest BCUT2D eigenvalue weighted by Crippen LogP contribution is -2.47. The highest BCUT2D eigenvalue weighted by atomic mass is 16.5. The Hall–Kier alpha value is -2.17. The van der Waals surface area contributed by atoms with Crippen LogP contribution in [0.2, 0.25) is 0 Å². The second-order valence-electron chi connectivity index (χ2n) is 4.41. The highest BCUT2D eigenvalue weighted by molar-refractivity contribution is 5.75. The van der Waals surface area contributed by atoms with Gasteiger partial charge >= 0.3 is 5.97 Å². The second kappa shape index (κ2) is 5.86. The third kappa shape index (κ3) is 2.31. The molecule has 0 fully saturated rings. The van der Waals surface area contributed by atoms with Crippen molar-refractivity contribution in [2.75, 3.05) is 7.11 Å². The summed E-state index contributed by atoms with van der Waals surface area (Å²) in [5.41, 5.74) is -0.263. The van der Waals surface area contributed by atoms with Crippen molar-refractivity contribution in [1.82, 2.24) is 0 Å². The van der Waals surface area contributed by atoms with Crippen molar-refractivity contribution in [3.63, 3.8) is 0 Å². The molecule has 0 heterocycles. The molecule has 1 atom stereocenters. The number of rotatable bonds is 5. The molecule has 0 aliphatic rings. The minimum atomic E-state index is -1.71. The zero-order valence-electron chi connectivity index (χ0n) is 11.1. The Labute approximate surface area is 117 Å². The molecular formula is C16H16O4. The maximum Gasteiger partial charge on any atom is 0.336 e. The zero-order chi connectivity index (χ0) is 14.6. The molecule has 0 saturated heterocycles. The maximum atomic E-state index is 11.3. The molecule has 0 bridgehead atoms. The van der Waals surface area contributed by atoms with Crippen molar-refractivity contribution in [1.29, 1.82) is 0 Å². The first-order chi connectivity index (χ1) is 9.63. The van der Waals surface area contributed by atoms with E-state index in [0.29, 0.717) is 11.1 Å². The average molecular weight is 272 g/mol. The van der Waals surface area contributed by atoms with Gasteiger partial charge in [0.15, 0.2) is 11.7 Å².